The van der Waals surface area contributed by atoms with Crippen LogP contribution in [0.1, 0.15) is 29.2 Å². The molecule has 17 heavy (non-hydrogen) atoms. The second kappa shape index (κ2) is 5.82. The Morgan fingerprint density at radius 2 is 1.82 bits per heavy atom. The van der Waals surface area contributed by atoms with Gasteiger partial charge in [0, 0.05) is 13.0 Å². The molecule has 0 spiro atoms. The van der Waals surface area contributed by atoms with Gasteiger partial charge in [-0.05, 0) is 44.4 Å². The van der Waals surface area contributed by atoms with Crippen molar-refractivity contribution in [2.24, 2.45) is 0 Å². The number of aryl methyl sites for hydroxylation is 3. The zero-order chi connectivity index (χ0) is 13.0. The summed E-state index contributed by atoms with van der Waals surface area (Å²) >= 11 is 0. The van der Waals surface area contributed by atoms with E-state index in [0.29, 0.717) is 13.0 Å². The standard InChI is InChI=1S/C14H20O3/c1-5-17-13(14(15)16)8-12-10(3)6-9(2)7-11(12)4/h6-7,13H,5,8H2,1-4H3,(H,15,16)/t13-/m1/s1. The number of rotatable bonds is 5. The molecule has 0 aromatic heterocycles. The van der Waals surface area contributed by atoms with Gasteiger partial charge in [-0.15, -0.1) is 0 Å². The summed E-state index contributed by atoms with van der Waals surface area (Å²) in [4.78, 5) is 11.1. The third-order valence-electron chi connectivity index (χ3n) is 2.87. The second-order valence-corrected chi connectivity index (χ2v) is 4.36. The van der Waals surface area contributed by atoms with E-state index in [1.807, 2.05) is 27.7 Å². The predicted molar refractivity (Wildman–Crippen MR) is 67.4 cm³/mol. The molecule has 0 radical (unpaired) electrons. The SMILES string of the molecule is CCO[C@H](Cc1c(C)cc(C)cc1C)C(=O)O. The molecule has 1 aromatic rings. The van der Waals surface area contributed by atoms with Crippen molar-refractivity contribution in [2.45, 2.75) is 40.2 Å². The smallest absolute Gasteiger partial charge is 0.333 e. The monoisotopic (exact) mass is 236 g/mol. The maximum atomic E-state index is 11.1. The number of hydrogen-bond donors (Lipinski definition) is 1. The molecule has 1 rings (SSSR count). The van der Waals surface area contributed by atoms with Crippen molar-refractivity contribution in [1.29, 1.82) is 0 Å². The van der Waals surface area contributed by atoms with Crippen molar-refractivity contribution in [2.75, 3.05) is 6.61 Å². The van der Waals surface area contributed by atoms with Crippen LogP contribution in [-0.2, 0) is 16.0 Å². The van der Waals surface area contributed by atoms with Gasteiger partial charge in [-0.2, -0.15) is 0 Å². The number of carboxylic acids is 1. The molecular weight excluding hydrogens is 216 g/mol. The number of carboxylic acid groups (broad SMARTS) is 1. The molecule has 0 aliphatic heterocycles. The van der Waals surface area contributed by atoms with Gasteiger partial charge in [-0.1, -0.05) is 17.7 Å². The molecule has 0 saturated carbocycles. The van der Waals surface area contributed by atoms with Gasteiger partial charge in [0.15, 0.2) is 6.10 Å². The number of benzene rings is 1. The number of aliphatic carboxylic acids is 1. The highest BCUT2D eigenvalue weighted by molar-refractivity contribution is 5.73. The topological polar surface area (TPSA) is 46.5 Å². The molecule has 1 N–H and O–H groups in total. The first-order valence-corrected chi connectivity index (χ1v) is 5.86. The molecule has 0 bridgehead atoms. The molecule has 3 nitrogen and oxygen atoms in total. The zero-order valence-electron chi connectivity index (χ0n) is 10.9. The van der Waals surface area contributed by atoms with E-state index in [2.05, 4.69) is 12.1 Å². The summed E-state index contributed by atoms with van der Waals surface area (Å²) in [5.41, 5.74) is 4.55. The van der Waals surface area contributed by atoms with Crippen LogP contribution in [0.15, 0.2) is 12.1 Å². The molecule has 0 heterocycles. The van der Waals surface area contributed by atoms with Gasteiger partial charge in [0.25, 0.3) is 0 Å². The van der Waals surface area contributed by atoms with Crippen LogP contribution in [0.2, 0.25) is 0 Å². The Balaban J connectivity index is 2.97. The van der Waals surface area contributed by atoms with Gasteiger partial charge in [0.2, 0.25) is 0 Å². The van der Waals surface area contributed by atoms with E-state index < -0.39 is 12.1 Å². The zero-order valence-corrected chi connectivity index (χ0v) is 10.9. The fraction of sp³-hybridized carbons (Fsp3) is 0.500. The van der Waals surface area contributed by atoms with Gasteiger partial charge in [0.05, 0.1) is 0 Å². The molecule has 0 aliphatic rings. The molecule has 0 amide bonds. The van der Waals surface area contributed by atoms with Gasteiger partial charge in [-0.3, -0.25) is 0 Å². The van der Waals surface area contributed by atoms with Crippen LogP contribution < -0.4 is 0 Å². The first kappa shape index (κ1) is 13.7. The van der Waals surface area contributed by atoms with Crippen LogP contribution in [0.25, 0.3) is 0 Å². The molecule has 3 heteroatoms. The van der Waals surface area contributed by atoms with Crippen molar-refractivity contribution in [1.82, 2.24) is 0 Å². The normalized spacial score (nSPS) is 12.5. The van der Waals surface area contributed by atoms with Crippen molar-refractivity contribution in [3.63, 3.8) is 0 Å². The third-order valence-corrected chi connectivity index (χ3v) is 2.87. The minimum Gasteiger partial charge on any atom is -0.479 e. The molecule has 0 fully saturated rings. The fourth-order valence-electron chi connectivity index (χ4n) is 2.14. The van der Waals surface area contributed by atoms with Crippen LogP contribution in [0.5, 0.6) is 0 Å². The largest absolute Gasteiger partial charge is 0.479 e. The number of carbonyl (C=O) groups is 1. The van der Waals surface area contributed by atoms with Gasteiger partial charge in [-0.25, -0.2) is 4.79 Å². The van der Waals surface area contributed by atoms with Crippen molar-refractivity contribution in [3.8, 4) is 0 Å². The van der Waals surface area contributed by atoms with Crippen LogP contribution in [0.4, 0.5) is 0 Å². The predicted octanol–water partition coefficient (Wildman–Crippen LogP) is 2.64. The average molecular weight is 236 g/mol. The Morgan fingerprint density at radius 1 is 1.29 bits per heavy atom. The lowest BCUT2D eigenvalue weighted by Crippen LogP contribution is -2.27. The van der Waals surface area contributed by atoms with Gasteiger partial charge < -0.3 is 9.84 Å². The summed E-state index contributed by atoms with van der Waals surface area (Å²) < 4.78 is 5.25. The summed E-state index contributed by atoms with van der Waals surface area (Å²) in [6.45, 7) is 8.30. The summed E-state index contributed by atoms with van der Waals surface area (Å²) in [6.07, 6.45) is -0.318. The van der Waals surface area contributed by atoms with E-state index in [-0.39, 0.29) is 0 Å². The summed E-state index contributed by atoms with van der Waals surface area (Å²) in [5.74, 6) is -0.897. The van der Waals surface area contributed by atoms with E-state index in [0.717, 1.165) is 16.7 Å². The molecule has 0 unspecified atom stereocenters. The summed E-state index contributed by atoms with van der Waals surface area (Å²) in [6, 6.07) is 4.15. The molecule has 94 valence electrons. The molecule has 0 aliphatic carbocycles. The first-order valence-electron chi connectivity index (χ1n) is 5.86. The minimum absolute atomic E-state index is 0.418. The Labute approximate surface area is 102 Å². The van der Waals surface area contributed by atoms with Crippen LogP contribution in [0.3, 0.4) is 0 Å². The second-order valence-electron chi connectivity index (χ2n) is 4.36. The fourth-order valence-corrected chi connectivity index (χ4v) is 2.14. The highest BCUT2D eigenvalue weighted by Gasteiger charge is 2.19. The van der Waals surface area contributed by atoms with Crippen molar-refractivity contribution in [3.05, 3.63) is 34.4 Å². The minimum atomic E-state index is -0.897. The van der Waals surface area contributed by atoms with Crippen molar-refractivity contribution < 1.29 is 14.6 Å². The number of ether oxygens (including phenoxy) is 1. The average Bonchev–Trinajstić information content (AvgIpc) is 2.21. The summed E-state index contributed by atoms with van der Waals surface area (Å²) in [5, 5.41) is 9.08. The van der Waals surface area contributed by atoms with E-state index in [4.69, 9.17) is 9.84 Å². The van der Waals surface area contributed by atoms with Crippen molar-refractivity contribution >= 4 is 5.97 Å². The van der Waals surface area contributed by atoms with Gasteiger partial charge >= 0.3 is 5.97 Å². The highest BCUT2D eigenvalue weighted by Crippen LogP contribution is 2.19. The lowest BCUT2D eigenvalue weighted by Gasteiger charge is -2.16. The van der Waals surface area contributed by atoms with E-state index >= 15 is 0 Å². The first-order chi connectivity index (χ1) is 7.95. The van der Waals surface area contributed by atoms with Crippen LogP contribution in [0, 0.1) is 20.8 Å². The lowest BCUT2D eigenvalue weighted by molar-refractivity contribution is -0.149. The highest BCUT2D eigenvalue weighted by atomic mass is 16.5. The maximum absolute atomic E-state index is 11.1. The Bertz CT molecular complexity index is 387. The van der Waals surface area contributed by atoms with E-state index in [1.165, 1.54) is 5.56 Å². The Morgan fingerprint density at radius 3 is 2.24 bits per heavy atom. The quantitative estimate of drug-likeness (QED) is 0.855. The molecule has 1 atom stereocenters. The Kier molecular flexibility index (Phi) is 4.70. The van der Waals surface area contributed by atoms with E-state index in [1.54, 1.807) is 0 Å². The molecule has 0 saturated heterocycles. The number of hydrogen-bond acceptors (Lipinski definition) is 2. The Hall–Kier alpha value is -1.35. The third kappa shape index (κ3) is 3.56. The van der Waals surface area contributed by atoms with E-state index in [9.17, 15) is 4.79 Å². The van der Waals surface area contributed by atoms with Crippen LogP contribution >= 0.6 is 0 Å². The molecule has 1 aromatic carbocycles. The summed E-state index contributed by atoms with van der Waals surface area (Å²) in [7, 11) is 0. The maximum Gasteiger partial charge on any atom is 0.333 e. The molecular formula is C14H20O3. The van der Waals surface area contributed by atoms with Crippen LogP contribution in [-0.4, -0.2) is 23.8 Å². The lowest BCUT2D eigenvalue weighted by atomic mass is 9.95. The van der Waals surface area contributed by atoms with Gasteiger partial charge in [0.1, 0.15) is 0 Å².